The molecule has 29 heavy (non-hydrogen) atoms. The van der Waals surface area contributed by atoms with E-state index in [1.165, 1.54) is 17.7 Å². The topological polar surface area (TPSA) is 49.4 Å². The number of rotatable bonds is 8. The van der Waals surface area contributed by atoms with Crippen molar-refractivity contribution >= 4 is 11.8 Å². The Morgan fingerprint density at radius 1 is 0.966 bits per heavy atom. The summed E-state index contributed by atoms with van der Waals surface area (Å²) in [6, 6.07) is 14.3. The minimum absolute atomic E-state index is 0.0273. The van der Waals surface area contributed by atoms with Gasteiger partial charge in [-0.15, -0.1) is 0 Å². The smallest absolute Gasteiger partial charge is 0.239 e. The number of nitrogens with one attached hydrogen (secondary N) is 1. The lowest BCUT2D eigenvalue weighted by atomic mass is 9.86. The predicted molar refractivity (Wildman–Crippen MR) is 114 cm³/mol. The third-order valence-electron chi connectivity index (χ3n) is 4.92. The number of likely N-dealkylation sites (N-methyl/N-ethyl adjacent to an activating group) is 1. The van der Waals surface area contributed by atoms with E-state index in [0.29, 0.717) is 25.9 Å². The highest BCUT2D eigenvalue weighted by atomic mass is 19.1. The van der Waals surface area contributed by atoms with Crippen LogP contribution in [0, 0.1) is 5.82 Å². The van der Waals surface area contributed by atoms with E-state index in [4.69, 9.17) is 0 Å². The summed E-state index contributed by atoms with van der Waals surface area (Å²) in [5.74, 6) is -0.570. The second kappa shape index (κ2) is 10.2. The van der Waals surface area contributed by atoms with Crippen molar-refractivity contribution in [3.8, 4) is 0 Å². The van der Waals surface area contributed by atoms with Crippen molar-refractivity contribution in [3.63, 3.8) is 0 Å². The number of aryl methyl sites for hydroxylation is 1. The quantitative estimate of drug-likeness (QED) is 0.724. The van der Waals surface area contributed by atoms with Crippen LogP contribution in [0.5, 0.6) is 0 Å². The molecule has 0 spiro atoms. The molecule has 5 heteroatoms. The Hall–Kier alpha value is -2.69. The fourth-order valence-corrected chi connectivity index (χ4v) is 2.99. The average Bonchev–Trinajstić information content (AvgIpc) is 2.69. The van der Waals surface area contributed by atoms with Crippen molar-refractivity contribution in [2.75, 3.05) is 13.1 Å². The van der Waals surface area contributed by atoms with Gasteiger partial charge in [-0.05, 0) is 47.6 Å². The Bertz CT molecular complexity index is 808. The first-order valence-corrected chi connectivity index (χ1v) is 10.1. The Labute approximate surface area is 173 Å². The molecule has 0 heterocycles. The number of carbonyl (C=O) groups excluding carboxylic acids is 2. The molecule has 0 aliphatic heterocycles. The average molecular weight is 399 g/mol. The fraction of sp³-hybridized carbons (Fsp3) is 0.417. The summed E-state index contributed by atoms with van der Waals surface area (Å²) in [7, 11) is 0. The number of benzene rings is 2. The van der Waals surface area contributed by atoms with Gasteiger partial charge in [0.2, 0.25) is 11.8 Å². The van der Waals surface area contributed by atoms with E-state index in [0.717, 1.165) is 11.1 Å². The molecule has 0 aliphatic carbocycles. The second-order valence-corrected chi connectivity index (χ2v) is 8.26. The van der Waals surface area contributed by atoms with Gasteiger partial charge in [0.1, 0.15) is 5.82 Å². The molecule has 1 N–H and O–H groups in total. The zero-order valence-corrected chi connectivity index (χ0v) is 17.8. The molecule has 156 valence electrons. The Balaban J connectivity index is 1.81. The lowest BCUT2D eigenvalue weighted by molar-refractivity contribution is -0.135. The molecule has 2 amide bonds. The number of amides is 2. The van der Waals surface area contributed by atoms with Crippen molar-refractivity contribution in [2.45, 2.75) is 52.5 Å². The minimum atomic E-state index is -0.309. The maximum atomic E-state index is 12.9. The standard InChI is InChI=1S/C24H31FN2O2/c1-5-27(17-22(28)26-16-19-8-13-21(25)14-9-19)23(29)15-10-18-6-11-20(12-7-18)24(2,3)4/h6-9,11-14H,5,10,15-17H2,1-4H3,(H,26,28). The lowest BCUT2D eigenvalue weighted by Crippen LogP contribution is -2.40. The summed E-state index contributed by atoms with van der Waals surface area (Å²) in [4.78, 5) is 26.3. The molecule has 0 radical (unpaired) electrons. The van der Waals surface area contributed by atoms with Crippen LogP contribution in [-0.2, 0) is 28.0 Å². The molecule has 4 nitrogen and oxygen atoms in total. The molecule has 0 bridgehead atoms. The molecule has 0 aromatic heterocycles. The van der Waals surface area contributed by atoms with E-state index in [1.54, 1.807) is 17.0 Å². The van der Waals surface area contributed by atoms with E-state index in [2.05, 4.69) is 50.4 Å². The molecule has 0 unspecified atom stereocenters. The van der Waals surface area contributed by atoms with Gasteiger partial charge in [-0.2, -0.15) is 0 Å². The molecule has 0 atom stereocenters. The number of halogens is 1. The molecule has 2 rings (SSSR count). The molecule has 0 aliphatic rings. The van der Waals surface area contributed by atoms with Crippen LogP contribution in [0.1, 0.15) is 50.8 Å². The van der Waals surface area contributed by atoms with Crippen molar-refractivity contribution in [3.05, 3.63) is 71.0 Å². The zero-order chi connectivity index (χ0) is 21.4. The predicted octanol–water partition coefficient (Wildman–Crippen LogP) is 4.22. The van der Waals surface area contributed by atoms with Crippen LogP contribution in [0.4, 0.5) is 4.39 Å². The van der Waals surface area contributed by atoms with E-state index < -0.39 is 0 Å². The monoisotopic (exact) mass is 398 g/mol. The van der Waals surface area contributed by atoms with Crippen molar-refractivity contribution < 1.29 is 14.0 Å². The molecular weight excluding hydrogens is 367 g/mol. The molecule has 2 aromatic carbocycles. The Morgan fingerprint density at radius 2 is 1.55 bits per heavy atom. The molecular formula is C24H31FN2O2. The first-order valence-electron chi connectivity index (χ1n) is 10.1. The van der Waals surface area contributed by atoms with Gasteiger partial charge in [-0.3, -0.25) is 9.59 Å². The van der Waals surface area contributed by atoms with Gasteiger partial charge in [0.25, 0.3) is 0 Å². The van der Waals surface area contributed by atoms with Crippen molar-refractivity contribution in [1.29, 1.82) is 0 Å². The van der Waals surface area contributed by atoms with Gasteiger partial charge >= 0.3 is 0 Å². The molecule has 0 saturated carbocycles. The first-order chi connectivity index (χ1) is 13.7. The summed E-state index contributed by atoms with van der Waals surface area (Å²) in [5.41, 5.74) is 3.30. The van der Waals surface area contributed by atoms with Crippen molar-refractivity contribution in [2.24, 2.45) is 0 Å². The van der Waals surface area contributed by atoms with Gasteiger partial charge in [0.05, 0.1) is 6.54 Å². The highest BCUT2D eigenvalue weighted by Crippen LogP contribution is 2.22. The summed E-state index contributed by atoms with van der Waals surface area (Å²) in [5, 5.41) is 2.78. The molecule has 2 aromatic rings. The third kappa shape index (κ3) is 7.33. The van der Waals surface area contributed by atoms with Gasteiger partial charge in [-0.1, -0.05) is 57.2 Å². The van der Waals surface area contributed by atoms with Gasteiger partial charge < -0.3 is 10.2 Å². The van der Waals surface area contributed by atoms with Gasteiger partial charge in [0.15, 0.2) is 0 Å². The van der Waals surface area contributed by atoms with Crippen LogP contribution < -0.4 is 5.32 Å². The van der Waals surface area contributed by atoms with Gasteiger partial charge in [0, 0.05) is 19.5 Å². The maximum Gasteiger partial charge on any atom is 0.239 e. The summed E-state index contributed by atoms with van der Waals surface area (Å²) < 4.78 is 12.9. The van der Waals surface area contributed by atoms with Crippen LogP contribution >= 0.6 is 0 Å². The normalized spacial score (nSPS) is 11.2. The molecule has 0 fully saturated rings. The van der Waals surface area contributed by atoms with E-state index >= 15 is 0 Å². The second-order valence-electron chi connectivity index (χ2n) is 8.26. The number of hydrogen-bond donors (Lipinski definition) is 1. The van der Waals surface area contributed by atoms with Crippen LogP contribution in [0.3, 0.4) is 0 Å². The van der Waals surface area contributed by atoms with Crippen LogP contribution in [-0.4, -0.2) is 29.8 Å². The van der Waals surface area contributed by atoms with Gasteiger partial charge in [-0.25, -0.2) is 4.39 Å². The highest BCUT2D eigenvalue weighted by Gasteiger charge is 2.16. The van der Waals surface area contributed by atoms with Crippen molar-refractivity contribution in [1.82, 2.24) is 10.2 Å². The number of nitrogens with zero attached hydrogens (tertiary/aromatic N) is 1. The summed E-state index contributed by atoms with van der Waals surface area (Å²) >= 11 is 0. The SMILES string of the molecule is CCN(CC(=O)NCc1ccc(F)cc1)C(=O)CCc1ccc(C(C)(C)C)cc1. The van der Waals surface area contributed by atoms with E-state index in [1.807, 2.05) is 6.92 Å². The highest BCUT2D eigenvalue weighted by molar-refractivity contribution is 5.84. The number of carbonyl (C=O) groups is 2. The van der Waals surface area contributed by atoms with Crippen LogP contribution in [0.2, 0.25) is 0 Å². The first kappa shape index (κ1) is 22.6. The Morgan fingerprint density at radius 3 is 2.10 bits per heavy atom. The summed E-state index contributed by atoms with van der Waals surface area (Å²) in [6.07, 6.45) is 1.02. The maximum absolute atomic E-state index is 12.9. The largest absolute Gasteiger partial charge is 0.350 e. The van der Waals surface area contributed by atoms with Crippen LogP contribution in [0.25, 0.3) is 0 Å². The Kier molecular flexibility index (Phi) is 7.94. The zero-order valence-electron chi connectivity index (χ0n) is 17.8. The summed E-state index contributed by atoms with van der Waals surface area (Å²) in [6.45, 7) is 9.20. The van der Waals surface area contributed by atoms with E-state index in [9.17, 15) is 14.0 Å². The number of hydrogen-bond acceptors (Lipinski definition) is 2. The molecule has 0 saturated heterocycles. The minimum Gasteiger partial charge on any atom is -0.350 e. The fourth-order valence-electron chi connectivity index (χ4n) is 2.99. The third-order valence-corrected chi connectivity index (χ3v) is 4.92. The van der Waals surface area contributed by atoms with Crippen LogP contribution in [0.15, 0.2) is 48.5 Å². The lowest BCUT2D eigenvalue weighted by Gasteiger charge is -2.21. The van der Waals surface area contributed by atoms with E-state index in [-0.39, 0.29) is 29.6 Å².